The Kier molecular flexibility index (Phi) is 6.91. The third-order valence-electron chi connectivity index (χ3n) is 2.92. The predicted octanol–water partition coefficient (Wildman–Crippen LogP) is 3.17. The van der Waals surface area contributed by atoms with Gasteiger partial charge in [0, 0.05) is 18.0 Å². The second kappa shape index (κ2) is 8.22. The molecule has 1 N–H and O–H groups in total. The first-order chi connectivity index (χ1) is 8.69. The van der Waals surface area contributed by atoms with Crippen LogP contribution in [0, 0.1) is 13.8 Å². The van der Waals surface area contributed by atoms with E-state index in [2.05, 4.69) is 43.2 Å². The zero-order chi connectivity index (χ0) is 13.4. The highest BCUT2D eigenvalue weighted by atomic mass is 16.5. The second-order valence-electron chi connectivity index (χ2n) is 4.71. The molecule has 1 rings (SSSR count). The Labute approximate surface area is 111 Å². The largest absolute Gasteiger partial charge is 0.379 e. The number of hydrogen-bond acceptors (Lipinski definition) is 3. The molecule has 0 spiro atoms. The van der Waals surface area contributed by atoms with Gasteiger partial charge in [0.05, 0.1) is 12.6 Å². The molecule has 1 aromatic heterocycles. The van der Waals surface area contributed by atoms with Crippen molar-refractivity contribution in [3.63, 3.8) is 0 Å². The average molecular weight is 250 g/mol. The number of ether oxygens (including phenoxy) is 1. The summed E-state index contributed by atoms with van der Waals surface area (Å²) in [5.41, 5.74) is 3.42. The van der Waals surface area contributed by atoms with E-state index in [0.29, 0.717) is 0 Å². The zero-order valence-corrected chi connectivity index (χ0v) is 12.1. The van der Waals surface area contributed by atoms with Crippen LogP contribution in [-0.2, 0) is 4.74 Å². The number of aromatic nitrogens is 1. The van der Waals surface area contributed by atoms with Gasteiger partial charge in [0.15, 0.2) is 0 Å². The summed E-state index contributed by atoms with van der Waals surface area (Å²) in [6, 6.07) is 4.49. The van der Waals surface area contributed by atoms with Crippen LogP contribution in [0.15, 0.2) is 12.1 Å². The molecule has 0 fully saturated rings. The van der Waals surface area contributed by atoms with Crippen molar-refractivity contribution in [2.45, 2.75) is 46.6 Å². The van der Waals surface area contributed by atoms with Crippen LogP contribution in [0.3, 0.4) is 0 Å². The minimum absolute atomic E-state index is 0.254. The van der Waals surface area contributed by atoms with E-state index in [1.165, 1.54) is 5.56 Å². The third kappa shape index (κ3) is 4.75. The maximum absolute atomic E-state index is 5.69. The standard InChI is InChI=1S/C15H26N2O/c1-5-9-16-15(11-18-10-6-2)14-8-7-12(3)17-13(14)4/h7-8,15-16H,5-6,9-11H2,1-4H3. The van der Waals surface area contributed by atoms with Crippen LogP contribution >= 0.6 is 0 Å². The van der Waals surface area contributed by atoms with Crippen LogP contribution in [0.2, 0.25) is 0 Å². The molecule has 0 radical (unpaired) electrons. The lowest BCUT2D eigenvalue weighted by Gasteiger charge is -2.20. The number of rotatable bonds is 8. The maximum atomic E-state index is 5.69. The normalized spacial score (nSPS) is 12.7. The van der Waals surface area contributed by atoms with Crippen LogP contribution in [0.5, 0.6) is 0 Å². The molecule has 18 heavy (non-hydrogen) atoms. The number of nitrogens with zero attached hydrogens (tertiary/aromatic N) is 1. The summed E-state index contributed by atoms with van der Waals surface area (Å²) in [6.07, 6.45) is 2.19. The van der Waals surface area contributed by atoms with Gasteiger partial charge in [0.25, 0.3) is 0 Å². The third-order valence-corrected chi connectivity index (χ3v) is 2.92. The molecule has 0 amide bonds. The summed E-state index contributed by atoms with van der Waals surface area (Å²) < 4.78 is 5.69. The molecule has 3 heteroatoms. The Morgan fingerprint density at radius 3 is 2.61 bits per heavy atom. The Balaban J connectivity index is 2.73. The van der Waals surface area contributed by atoms with Crippen molar-refractivity contribution in [1.29, 1.82) is 0 Å². The molecule has 3 nitrogen and oxygen atoms in total. The van der Waals surface area contributed by atoms with E-state index < -0.39 is 0 Å². The van der Waals surface area contributed by atoms with E-state index in [-0.39, 0.29) is 6.04 Å². The van der Waals surface area contributed by atoms with Crippen molar-refractivity contribution in [2.75, 3.05) is 19.8 Å². The highest BCUT2D eigenvalue weighted by Crippen LogP contribution is 2.17. The lowest BCUT2D eigenvalue weighted by Crippen LogP contribution is -2.27. The molecule has 1 unspecified atom stereocenters. The number of hydrogen-bond donors (Lipinski definition) is 1. The van der Waals surface area contributed by atoms with Gasteiger partial charge in [-0.15, -0.1) is 0 Å². The molecule has 1 aromatic rings. The molecular formula is C15H26N2O. The van der Waals surface area contributed by atoms with Crippen molar-refractivity contribution < 1.29 is 4.74 Å². The number of nitrogens with one attached hydrogen (secondary N) is 1. The van der Waals surface area contributed by atoms with Gasteiger partial charge < -0.3 is 10.1 Å². The van der Waals surface area contributed by atoms with E-state index in [9.17, 15) is 0 Å². The van der Waals surface area contributed by atoms with E-state index in [4.69, 9.17) is 4.74 Å². The first kappa shape index (κ1) is 15.1. The van der Waals surface area contributed by atoms with Crippen LogP contribution in [0.1, 0.15) is 49.7 Å². The molecule has 0 aliphatic carbocycles. The van der Waals surface area contributed by atoms with Gasteiger partial charge in [0.2, 0.25) is 0 Å². The lowest BCUT2D eigenvalue weighted by molar-refractivity contribution is 0.111. The van der Waals surface area contributed by atoms with Crippen molar-refractivity contribution in [2.24, 2.45) is 0 Å². The summed E-state index contributed by atoms with van der Waals surface area (Å²) in [6.45, 7) is 11.0. The van der Waals surface area contributed by atoms with Gasteiger partial charge >= 0.3 is 0 Å². The molecule has 0 saturated heterocycles. The van der Waals surface area contributed by atoms with Gasteiger partial charge in [-0.2, -0.15) is 0 Å². The summed E-state index contributed by atoms with van der Waals surface area (Å²) in [4.78, 5) is 4.54. The molecular weight excluding hydrogens is 224 g/mol. The van der Waals surface area contributed by atoms with Crippen LogP contribution in [0.4, 0.5) is 0 Å². The lowest BCUT2D eigenvalue weighted by atomic mass is 10.1. The zero-order valence-electron chi connectivity index (χ0n) is 12.1. The SMILES string of the molecule is CCCNC(COCCC)c1ccc(C)nc1C. The van der Waals surface area contributed by atoms with Gasteiger partial charge in [-0.3, -0.25) is 4.98 Å². The van der Waals surface area contributed by atoms with Gasteiger partial charge in [-0.1, -0.05) is 19.9 Å². The van der Waals surface area contributed by atoms with Gasteiger partial charge in [0.1, 0.15) is 0 Å². The van der Waals surface area contributed by atoms with Gasteiger partial charge in [-0.25, -0.2) is 0 Å². The van der Waals surface area contributed by atoms with Crippen molar-refractivity contribution in [1.82, 2.24) is 10.3 Å². The van der Waals surface area contributed by atoms with Gasteiger partial charge in [-0.05, 0) is 44.9 Å². The fourth-order valence-electron chi connectivity index (χ4n) is 1.99. The maximum Gasteiger partial charge on any atom is 0.0662 e. The van der Waals surface area contributed by atoms with E-state index in [0.717, 1.165) is 44.0 Å². The molecule has 0 saturated carbocycles. The highest BCUT2D eigenvalue weighted by molar-refractivity contribution is 5.25. The predicted molar refractivity (Wildman–Crippen MR) is 75.9 cm³/mol. The Morgan fingerprint density at radius 2 is 2.00 bits per heavy atom. The first-order valence-corrected chi connectivity index (χ1v) is 6.94. The van der Waals surface area contributed by atoms with E-state index in [1.54, 1.807) is 0 Å². The van der Waals surface area contributed by atoms with Crippen LogP contribution < -0.4 is 5.32 Å². The molecule has 102 valence electrons. The average Bonchev–Trinajstić information content (AvgIpc) is 2.34. The number of pyridine rings is 1. The fraction of sp³-hybridized carbons (Fsp3) is 0.667. The Hall–Kier alpha value is -0.930. The summed E-state index contributed by atoms with van der Waals surface area (Å²) in [5, 5.41) is 3.54. The molecule has 1 heterocycles. The fourth-order valence-corrected chi connectivity index (χ4v) is 1.99. The summed E-state index contributed by atoms with van der Waals surface area (Å²) in [5.74, 6) is 0. The molecule has 0 aromatic carbocycles. The monoisotopic (exact) mass is 250 g/mol. The van der Waals surface area contributed by atoms with Crippen molar-refractivity contribution >= 4 is 0 Å². The Morgan fingerprint density at radius 1 is 1.22 bits per heavy atom. The van der Waals surface area contributed by atoms with Crippen LogP contribution in [0.25, 0.3) is 0 Å². The summed E-state index contributed by atoms with van der Waals surface area (Å²) >= 11 is 0. The van der Waals surface area contributed by atoms with Crippen molar-refractivity contribution in [3.05, 3.63) is 29.1 Å². The molecule has 0 aliphatic heterocycles. The van der Waals surface area contributed by atoms with Crippen LogP contribution in [-0.4, -0.2) is 24.7 Å². The van der Waals surface area contributed by atoms with E-state index >= 15 is 0 Å². The molecule has 1 atom stereocenters. The minimum Gasteiger partial charge on any atom is -0.379 e. The summed E-state index contributed by atoms with van der Waals surface area (Å²) in [7, 11) is 0. The molecule has 0 aliphatic rings. The Bertz CT molecular complexity index is 352. The highest BCUT2D eigenvalue weighted by Gasteiger charge is 2.14. The van der Waals surface area contributed by atoms with E-state index in [1.807, 2.05) is 6.92 Å². The minimum atomic E-state index is 0.254. The van der Waals surface area contributed by atoms with Crippen molar-refractivity contribution in [3.8, 4) is 0 Å². The second-order valence-corrected chi connectivity index (χ2v) is 4.71. The molecule has 0 bridgehead atoms. The first-order valence-electron chi connectivity index (χ1n) is 6.94. The quantitative estimate of drug-likeness (QED) is 0.720. The topological polar surface area (TPSA) is 34.1 Å². The number of aryl methyl sites for hydroxylation is 2. The smallest absolute Gasteiger partial charge is 0.0662 e.